The standard InChI is InChI=1S/C4H6Br3/c1-2-3-4(5,6)7/h1-3H2. The molecule has 43 valence electrons. The van der Waals surface area contributed by atoms with E-state index in [1.807, 2.05) is 0 Å². The van der Waals surface area contributed by atoms with Crippen LogP contribution in [-0.4, -0.2) is 2.14 Å². The van der Waals surface area contributed by atoms with E-state index >= 15 is 0 Å². The lowest BCUT2D eigenvalue weighted by Crippen LogP contribution is -1.95. The summed E-state index contributed by atoms with van der Waals surface area (Å²) in [6, 6.07) is 0. The zero-order chi connectivity index (χ0) is 5.91. The molecule has 0 spiro atoms. The van der Waals surface area contributed by atoms with Crippen molar-refractivity contribution in [1.29, 1.82) is 0 Å². The Morgan fingerprint density at radius 2 is 1.71 bits per heavy atom. The Morgan fingerprint density at radius 3 is 1.71 bits per heavy atom. The second kappa shape index (κ2) is 3.46. The van der Waals surface area contributed by atoms with Crippen molar-refractivity contribution in [1.82, 2.24) is 0 Å². The molecule has 0 atom stereocenters. The molecule has 0 aromatic carbocycles. The van der Waals surface area contributed by atoms with Crippen molar-refractivity contribution in [2.75, 3.05) is 0 Å². The summed E-state index contributed by atoms with van der Waals surface area (Å²) in [5.41, 5.74) is 0. The molecule has 0 saturated carbocycles. The van der Waals surface area contributed by atoms with E-state index in [1.165, 1.54) is 0 Å². The van der Waals surface area contributed by atoms with Crippen molar-refractivity contribution in [2.24, 2.45) is 0 Å². The number of hydrogen-bond donors (Lipinski definition) is 0. The fourth-order valence-corrected chi connectivity index (χ4v) is 1.04. The maximum Gasteiger partial charge on any atom is 0.135 e. The van der Waals surface area contributed by atoms with Crippen LogP contribution in [0.4, 0.5) is 0 Å². The van der Waals surface area contributed by atoms with E-state index in [9.17, 15) is 0 Å². The summed E-state index contributed by atoms with van der Waals surface area (Å²) in [4.78, 5) is 0. The van der Waals surface area contributed by atoms with Gasteiger partial charge in [-0.05, 0) is 6.42 Å². The van der Waals surface area contributed by atoms with Gasteiger partial charge in [-0.15, -0.1) is 0 Å². The summed E-state index contributed by atoms with van der Waals surface area (Å²) >= 11 is 10.00. The molecule has 0 N–H and O–H groups in total. The Balaban J connectivity index is 3.15. The van der Waals surface area contributed by atoms with Crippen LogP contribution in [0.1, 0.15) is 12.8 Å². The highest BCUT2D eigenvalue weighted by molar-refractivity contribution is 9.39. The van der Waals surface area contributed by atoms with Crippen LogP contribution in [0.2, 0.25) is 0 Å². The molecule has 0 bridgehead atoms. The first-order chi connectivity index (χ1) is 3.06. The molecule has 7 heavy (non-hydrogen) atoms. The first kappa shape index (κ1) is 8.44. The van der Waals surface area contributed by atoms with Gasteiger partial charge in [-0.3, -0.25) is 0 Å². The van der Waals surface area contributed by atoms with Gasteiger partial charge < -0.3 is 0 Å². The molecule has 0 saturated heterocycles. The van der Waals surface area contributed by atoms with Gasteiger partial charge in [-0.25, -0.2) is 0 Å². The molecule has 0 heterocycles. The van der Waals surface area contributed by atoms with E-state index in [4.69, 9.17) is 0 Å². The van der Waals surface area contributed by atoms with Crippen LogP contribution in [0, 0.1) is 6.92 Å². The van der Waals surface area contributed by atoms with Crippen LogP contribution < -0.4 is 0 Å². The van der Waals surface area contributed by atoms with Crippen LogP contribution in [0.5, 0.6) is 0 Å². The van der Waals surface area contributed by atoms with Crippen molar-refractivity contribution >= 4 is 47.8 Å². The van der Waals surface area contributed by atoms with Gasteiger partial charge in [-0.1, -0.05) is 61.1 Å². The van der Waals surface area contributed by atoms with Crippen LogP contribution in [0.25, 0.3) is 0 Å². The van der Waals surface area contributed by atoms with Crippen molar-refractivity contribution in [2.45, 2.75) is 15.0 Å². The molecule has 0 unspecified atom stereocenters. The first-order valence-electron chi connectivity index (χ1n) is 1.92. The van der Waals surface area contributed by atoms with Gasteiger partial charge in [0.2, 0.25) is 0 Å². The van der Waals surface area contributed by atoms with E-state index in [2.05, 4.69) is 54.7 Å². The summed E-state index contributed by atoms with van der Waals surface area (Å²) in [5, 5.41) is 0. The summed E-state index contributed by atoms with van der Waals surface area (Å²) in [7, 11) is 0. The normalized spacial score (nSPS) is 12.0. The number of alkyl halides is 3. The minimum atomic E-state index is -0.0747. The Bertz CT molecular complexity index is 45.4. The molecule has 1 radical (unpaired) electrons. The third-order valence-electron chi connectivity index (χ3n) is 0.460. The van der Waals surface area contributed by atoms with Crippen LogP contribution in [-0.2, 0) is 0 Å². The Kier molecular flexibility index (Phi) is 4.17. The van der Waals surface area contributed by atoms with Gasteiger partial charge >= 0.3 is 0 Å². The Hall–Kier alpha value is 1.44. The van der Waals surface area contributed by atoms with Crippen molar-refractivity contribution in [3.8, 4) is 0 Å². The minimum Gasteiger partial charge on any atom is -0.0599 e. The van der Waals surface area contributed by atoms with Crippen molar-refractivity contribution < 1.29 is 0 Å². The monoisotopic (exact) mass is 291 g/mol. The van der Waals surface area contributed by atoms with E-state index < -0.39 is 0 Å². The largest absolute Gasteiger partial charge is 0.135 e. The fourth-order valence-electron chi connectivity index (χ4n) is 0.200. The lowest BCUT2D eigenvalue weighted by molar-refractivity contribution is 0.929. The quantitative estimate of drug-likeness (QED) is 0.650. The van der Waals surface area contributed by atoms with E-state index in [0.717, 1.165) is 12.8 Å². The molecule has 0 aromatic heterocycles. The van der Waals surface area contributed by atoms with Gasteiger partial charge in [0.1, 0.15) is 2.14 Å². The maximum absolute atomic E-state index is 3.68. The topological polar surface area (TPSA) is 0 Å². The highest BCUT2D eigenvalue weighted by Crippen LogP contribution is 2.37. The molecule has 0 amide bonds. The Labute approximate surface area is 69.4 Å². The van der Waals surface area contributed by atoms with Gasteiger partial charge in [0.05, 0.1) is 0 Å². The molecule has 0 nitrogen and oxygen atoms in total. The van der Waals surface area contributed by atoms with Gasteiger partial charge in [0.15, 0.2) is 0 Å². The summed E-state index contributed by atoms with van der Waals surface area (Å²) in [6.45, 7) is 3.68. The smallest absolute Gasteiger partial charge is 0.0599 e. The molecule has 0 aliphatic heterocycles. The van der Waals surface area contributed by atoms with Crippen LogP contribution in [0.15, 0.2) is 0 Å². The maximum atomic E-state index is 3.68. The predicted molar refractivity (Wildman–Crippen MR) is 44.1 cm³/mol. The highest BCUT2D eigenvalue weighted by Gasteiger charge is 2.14. The third kappa shape index (κ3) is 7.44. The van der Waals surface area contributed by atoms with Gasteiger partial charge in [0, 0.05) is 0 Å². The fraction of sp³-hybridized carbons (Fsp3) is 0.750. The van der Waals surface area contributed by atoms with Crippen molar-refractivity contribution in [3.05, 3.63) is 6.92 Å². The number of rotatable bonds is 1. The molecular formula is C4H6Br3. The van der Waals surface area contributed by atoms with E-state index in [-0.39, 0.29) is 2.14 Å². The SMILES string of the molecule is [CH2]CCC(Br)(Br)Br. The molecule has 0 aliphatic carbocycles. The molecule has 0 fully saturated rings. The molecule has 0 rings (SSSR count). The molecule has 0 aliphatic rings. The average Bonchev–Trinajstić information content (AvgIpc) is 1.30. The average molecular weight is 294 g/mol. The molecule has 0 aromatic rings. The van der Waals surface area contributed by atoms with Gasteiger partial charge in [-0.2, -0.15) is 0 Å². The zero-order valence-electron chi connectivity index (χ0n) is 3.76. The Morgan fingerprint density at radius 1 is 1.29 bits per heavy atom. The number of halogens is 3. The van der Waals surface area contributed by atoms with Gasteiger partial charge in [0.25, 0.3) is 0 Å². The first-order valence-corrected chi connectivity index (χ1v) is 4.30. The van der Waals surface area contributed by atoms with E-state index in [1.54, 1.807) is 0 Å². The predicted octanol–water partition coefficient (Wildman–Crippen LogP) is 3.44. The molecular weight excluding hydrogens is 288 g/mol. The second-order valence-electron chi connectivity index (χ2n) is 1.22. The number of hydrogen-bond acceptors (Lipinski definition) is 0. The summed E-state index contributed by atoms with van der Waals surface area (Å²) in [5.74, 6) is 0. The lowest BCUT2D eigenvalue weighted by Gasteiger charge is -2.07. The summed E-state index contributed by atoms with van der Waals surface area (Å²) < 4.78 is -0.0747. The van der Waals surface area contributed by atoms with Crippen molar-refractivity contribution in [3.63, 3.8) is 0 Å². The minimum absolute atomic E-state index is 0.0747. The molecule has 3 heteroatoms. The van der Waals surface area contributed by atoms with Crippen LogP contribution in [0.3, 0.4) is 0 Å². The summed E-state index contributed by atoms with van der Waals surface area (Å²) in [6.07, 6.45) is 1.90. The zero-order valence-corrected chi connectivity index (χ0v) is 8.51. The second-order valence-corrected chi connectivity index (χ2v) is 8.47. The third-order valence-corrected chi connectivity index (χ3v) is 1.65. The van der Waals surface area contributed by atoms with Crippen LogP contribution >= 0.6 is 47.8 Å². The van der Waals surface area contributed by atoms with E-state index in [0.29, 0.717) is 0 Å². The lowest BCUT2D eigenvalue weighted by atomic mass is 10.4. The highest BCUT2D eigenvalue weighted by atomic mass is 80.0.